The summed E-state index contributed by atoms with van der Waals surface area (Å²) < 4.78 is 0. The van der Waals surface area contributed by atoms with Crippen molar-refractivity contribution in [1.29, 1.82) is 0 Å². The SMILES string of the molecule is CC1CCN(C(=O)c2cccc(CSc3c(Cl)c(Cl)nc(Cl)c3Cl)n2)CC1. The summed E-state index contributed by atoms with van der Waals surface area (Å²) in [5.41, 5.74) is 1.19. The van der Waals surface area contributed by atoms with E-state index in [4.69, 9.17) is 46.4 Å². The van der Waals surface area contributed by atoms with Crippen LogP contribution in [0.4, 0.5) is 0 Å². The molecule has 0 spiro atoms. The third-order valence-electron chi connectivity index (χ3n) is 4.42. The van der Waals surface area contributed by atoms with Gasteiger partial charge in [-0.1, -0.05) is 59.4 Å². The summed E-state index contributed by atoms with van der Waals surface area (Å²) in [5, 5.41) is 0.714. The Labute approximate surface area is 182 Å². The van der Waals surface area contributed by atoms with Crippen LogP contribution in [0.1, 0.15) is 35.9 Å². The van der Waals surface area contributed by atoms with Gasteiger partial charge in [0.2, 0.25) is 0 Å². The van der Waals surface area contributed by atoms with E-state index < -0.39 is 0 Å². The van der Waals surface area contributed by atoms with Crippen LogP contribution in [-0.2, 0) is 5.75 Å². The number of likely N-dealkylation sites (tertiary alicyclic amines) is 1. The molecule has 1 aliphatic heterocycles. The molecule has 0 aromatic carbocycles. The fourth-order valence-corrected chi connectivity index (χ4v) is 4.86. The topological polar surface area (TPSA) is 46.1 Å². The van der Waals surface area contributed by atoms with Gasteiger partial charge in [0.15, 0.2) is 10.3 Å². The molecule has 2 aromatic heterocycles. The van der Waals surface area contributed by atoms with Gasteiger partial charge >= 0.3 is 0 Å². The maximum absolute atomic E-state index is 12.7. The van der Waals surface area contributed by atoms with Crippen molar-refractivity contribution in [2.24, 2.45) is 5.92 Å². The van der Waals surface area contributed by atoms with Crippen LogP contribution in [-0.4, -0.2) is 33.9 Å². The molecule has 0 N–H and O–H groups in total. The van der Waals surface area contributed by atoms with Gasteiger partial charge in [-0.3, -0.25) is 4.79 Å². The maximum Gasteiger partial charge on any atom is 0.272 e. The Bertz CT molecular complexity index is 830. The molecule has 0 saturated carbocycles. The molecule has 0 aliphatic carbocycles. The average molecular weight is 465 g/mol. The second kappa shape index (κ2) is 9.19. The lowest BCUT2D eigenvalue weighted by atomic mass is 9.99. The van der Waals surface area contributed by atoms with Gasteiger partial charge in [0, 0.05) is 18.8 Å². The largest absolute Gasteiger partial charge is 0.337 e. The summed E-state index contributed by atoms with van der Waals surface area (Å²) in [6.45, 7) is 3.77. The van der Waals surface area contributed by atoms with E-state index in [1.165, 1.54) is 11.8 Å². The van der Waals surface area contributed by atoms with Crippen LogP contribution in [0.15, 0.2) is 23.1 Å². The number of amides is 1. The van der Waals surface area contributed by atoms with Crippen LogP contribution in [0.5, 0.6) is 0 Å². The van der Waals surface area contributed by atoms with Gasteiger partial charge in [-0.25, -0.2) is 9.97 Å². The highest BCUT2D eigenvalue weighted by Gasteiger charge is 2.22. The molecule has 0 unspecified atom stereocenters. The zero-order chi connectivity index (χ0) is 19.6. The van der Waals surface area contributed by atoms with Gasteiger partial charge in [-0.2, -0.15) is 0 Å². The molecule has 1 amide bonds. The predicted octanol–water partition coefficient (Wildman–Crippen LogP) is 6.25. The first-order chi connectivity index (χ1) is 12.9. The van der Waals surface area contributed by atoms with Crippen molar-refractivity contribution >= 4 is 64.1 Å². The first-order valence-electron chi connectivity index (χ1n) is 8.44. The van der Waals surface area contributed by atoms with Crippen molar-refractivity contribution in [1.82, 2.24) is 14.9 Å². The first kappa shape index (κ1) is 21.0. The third-order valence-corrected chi connectivity index (χ3v) is 7.26. The van der Waals surface area contributed by atoms with E-state index in [1.807, 2.05) is 17.0 Å². The number of hydrogen-bond acceptors (Lipinski definition) is 4. The van der Waals surface area contributed by atoms with Crippen LogP contribution in [0, 0.1) is 5.92 Å². The number of halogens is 4. The summed E-state index contributed by atoms with van der Waals surface area (Å²) in [5.74, 6) is 1.10. The highest BCUT2D eigenvalue weighted by atomic mass is 35.5. The number of rotatable bonds is 4. The lowest BCUT2D eigenvalue weighted by Crippen LogP contribution is -2.38. The highest BCUT2D eigenvalue weighted by molar-refractivity contribution is 7.98. The molecule has 4 nitrogen and oxygen atoms in total. The van der Waals surface area contributed by atoms with E-state index in [0.717, 1.165) is 31.6 Å². The zero-order valence-corrected chi connectivity index (χ0v) is 18.4. The molecule has 1 saturated heterocycles. The fraction of sp³-hybridized carbons (Fsp3) is 0.389. The normalized spacial score (nSPS) is 15.2. The smallest absolute Gasteiger partial charge is 0.272 e. The molecule has 9 heteroatoms. The van der Waals surface area contributed by atoms with Gasteiger partial charge < -0.3 is 4.90 Å². The van der Waals surface area contributed by atoms with Crippen LogP contribution >= 0.6 is 58.2 Å². The quantitative estimate of drug-likeness (QED) is 0.396. The Morgan fingerprint density at radius 2 is 1.74 bits per heavy atom. The van der Waals surface area contributed by atoms with E-state index in [2.05, 4.69) is 16.9 Å². The summed E-state index contributed by atoms with van der Waals surface area (Å²) in [6, 6.07) is 5.43. The van der Waals surface area contributed by atoms with Crippen LogP contribution in [0.25, 0.3) is 0 Å². The molecule has 3 heterocycles. The van der Waals surface area contributed by atoms with Gasteiger partial charge in [-0.15, -0.1) is 11.8 Å². The van der Waals surface area contributed by atoms with E-state index >= 15 is 0 Å². The minimum Gasteiger partial charge on any atom is -0.337 e. The Morgan fingerprint density at radius 1 is 1.11 bits per heavy atom. The number of nitrogens with zero attached hydrogens (tertiary/aromatic N) is 3. The minimum absolute atomic E-state index is 0.0279. The Balaban J connectivity index is 1.73. The van der Waals surface area contributed by atoms with E-state index in [1.54, 1.807) is 6.07 Å². The zero-order valence-electron chi connectivity index (χ0n) is 14.5. The molecule has 1 aliphatic rings. The van der Waals surface area contributed by atoms with E-state index in [0.29, 0.717) is 22.3 Å². The average Bonchev–Trinajstić information content (AvgIpc) is 2.67. The predicted molar refractivity (Wildman–Crippen MR) is 112 cm³/mol. The number of carbonyl (C=O) groups is 1. The second-order valence-electron chi connectivity index (χ2n) is 6.43. The summed E-state index contributed by atoms with van der Waals surface area (Å²) in [6.07, 6.45) is 2.06. The molecular weight excluding hydrogens is 448 g/mol. The third kappa shape index (κ3) is 5.01. The summed E-state index contributed by atoms with van der Waals surface area (Å²) >= 11 is 25.7. The Morgan fingerprint density at radius 3 is 2.37 bits per heavy atom. The second-order valence-corrected chi connectivity index (χ2v) is 8.89. The lowest BCUT2D eigenvalue weighted by Gasteiger charge is -2.30. The Kier molecular flexibility index (Phi) is 7.14. The highest BCUT2D eigenvalue weighted by Crippen LogP contribution is 2.41. The van der Waals surface area contributed by atoms with Crippen molar-refractivity contribution in [3.05, 3.63) is 49.9 Å². The van der Waals surface area contributed by atoms with Crippen molar-refractivity contribution < 1.29 is 4.79 Å². The van der Waals surface area contributed by atoms with E-state index in [9.17, 15) is 4.79 Å². The van der Waals surface area contributed by atoms with E-state index in [-0.39, 0.29) is 26.3 Å². The van der Waals surface area contributed by atoms with Crippen molar-refractivity contribution in [2.45, 2.75) is 30.4 Å². The summed E-state index contributed by atoms with van der Waals surface area (Å²) in [7, 11) is 0. The molecule has 3 rings (SSSR count). The number of piperidine rings is 1. The van der Waals surface area contributed by atoms with Crippen molar-refractivity contribution in [3.8, 4) is 0 Å². The van der Waals surface area contributed by atoms with Crippen LogP contribution in [0.3, 0.4) is 0 Å². The number of thioether (sulfide) groups is 1. The van der Waals surface area contributed by atoms with Gasteiger partial charge in [0.25, 0.3) is 5.91 Å². The van der Waals surface area contributed by atoms with Gasteiger partial charge in [0.1, 0.15) is 5.69 Å². The molecule has 0 bridgehead atoms. The molecule has 0 atom stereocenters. The first-order valence-corrected chi connectivity index (χ1v) is 10.9. The molecular formula is C18H17Cl4N3OS. The van der Waals surface area contributed by atoms with Crippen molar-refractivity contribution in [2.75, 3.05) is 13.1 Å². The molecule has 2 aromatic rings. The van der Waals surface area contributed by atoms with Crippen LogP contribution < -0.4 is 0 Å². The molecule has 0 radical (unpaired) electrons. The Hall–Kier alpha value is -0.720. The number of aromatic nitrogens is 2. The fourth-order valence-electron chi connectivity index (χ4n) is 2.79. The molecule has 1 fully saturated rings. The van der Waals surface area contributed by atoms with Gasteiger partial charge in [-0.05, 0) is 30.9 Å². The number of carbonyl (C=O) groups excluding carboxylic acids is 1. The van der Waals surface area contributed by atoms with Crippen molar-refractivity contribution in [3.63, 3.8) is 0 Å². The molecule has 27 heavy (non-hydrogen) atoms. The van der Waals surface area contributed by atoms with Crippen LogP contribution in [0.2, 0.25) is 20.4 Å². The summed E-state index contributed by atoms with van der Waals surface area (Å²) in [4.78, 5) is 23.5. The maximum atomic E-state index is 12.7. The lowest BCUT2D eigenvalue weighted by molar-refractivity contribution is 0.0691. The number of hydrogen-bond donors (Lipinski definition) is 0. The standard InChI is InChI=1S/C18H17Cl4N3OS/c1-10-5-7-25(8-6-10)18(26)12-4-2-3-11(23-12)9-27-15-13(19)16(21)24-17(22)14(15)20/h2-4,10H,5-9H2,1H3. The number of pyridine rings is 2. The van der Waals surface area contributed by atoms with Gasteiger partial charge in [0.05, 0.1) is 20.6 Å². The monoisotopic (exact) mass is 463 g/mol. The minimum atomic E-state index is -0.0279. The molecule has 144 valence electrons.